The van der Waals surface area contributed by atoms with Crippen molar-refractivity contribution >= 4 is 59.1 Å². The van der Waals surface area contributed by atoms with Gasteiger partial charge in [-0.1, -0.05) is 38.5 Å². The number of esters is 1. The number of carboxylic acids is 3. The number of aliphatic hydroxyl groups is 1. The zero-order chi connectivity index (χ0) is 53.2. The van der Waals surface area contributed by atoms with Crippen molar-refractivity contribution in [2.45, 2.75) is 121 Å². The lowest BCUT2D eigenvalue weighted by Crippen LogP contribution is -2.60. The molecule has 2 fully saturated rings. The average Bonchev–Trinajstić information content (AvgIpc) is 3.88. The molecule has 4 aliphatic rings. The minimum absolute atomic E-state index is 0.0223. The molecule has 0 bridgehead atoms. The molecule has 1 aromatic carbocycles. The molecule has 3 unspecified atom stereocenters. The minimum atomic E-state index is -1.33. The number of aliphatic hydroxyl groups excluding tert-OH is 1. The normalized spacial score (nSPS) is 21.6. The van der Waals surface area contributed by atoms with Gasteiger partial charge in [0, 0.05) is 52.7 Å². The monoisotopic (exact) mass is 1030 g/mol. The second-order valence-electron chi connectivity index (χ2n) is 19.2. The summed E-state index contributed by atoms with van der Waals surface area (Å²) < 4.78 is 10.4. The molecule has 0 aromatic heterocycles. The number of rotatable bonds is 31. The number of hydrogen-bond donors (Lipinski definition) is 11. The first kappa shape index (κ1) is 58.1. The van der Waals surface area contributed by atoms with Crippen molar-refractivity contribution in [3.63, 3.8) is 0 Å². The van der Waals surface area contributed by atoms with E-state index in [1.807, 2.05) is 30.0 Å². The van der Waals surface area contributed by atoms with Gasteiger partial charge in [0.15, 0.2) is 0 Å². The predicted octanol–water partition coefficient (Wildman–Crippen LogP) is -2.68. The number of aryl methyl sites for hydroxylation is 1. The van der Waals surface area contributed by atoms with E-state index >= 15 is 0 Å². The van der Waals surface area contributed by atoms with Crippen LogP contribution in [0.5, 0.6) is 0 Å². The Bertz CT molecular complexity index is 2110. The van der Waals surface area contributed by atoms with E-state index in [1.54, 1.807) is 11.8 Å². The molecule has 25 heteroatoms. The van der Waals surface area contributed by atoms with Gasteiger partial charge in [-0.25, -0.2) is 4.79 Å². The molecule has 5 amide bonds. The number of para-hydroxylation sites is 1. The van der Waals surface area contributed by atoms with Crippen LogP contribution in [0, 0.1) is 11.8 Å². The van der Waals surface area contributed by atoms with E-state index in [0.717, 1.165) is 24.0 Å². The lowest BCUT2D eigenvalue weighted by atomic mass is 9.97. The molecule has 4 heterocycles. The van der Waals surface area contributed by atoms with Gasteiger partial charge in [0.25, 0.3) is 0 Å². The standard InChI is InChI=1S/C48H74N10O15/c1-4-28(2)42(45(68)53-32-9-8-30-6-5-7-31-22-35(58(43(30)31)46(32)69)44(67)54-34-23-41(66)73-48(34)72-3)55-37(60)12-15-51-36(59)11-10-33(47(70)71)52-38(61)26-56-18-13-29(14-19-56)24-49-16-20-57(27-40(64)65)21-17-50-25-39(62)63/h5-7,28-29,32-35,42,44,48-50,54,67H,4,8-27H2,1-3H3,(H,51,59)(H,52,61)(H,53,68)(H,55,60)(H,62,63)(H,64,65)(H,70,71)/t28-,32-,33-,34?,35-,42-,44?,48?/m0/s1. The molecule has 0 spiro atoms. The molecule has 2 saturated heterocycles. The molecule has 73 heavy (non-hydrogen) atoms. The summed E-state index contributed by atoms with van der Waals surface area (Å²) in [5, 5.41) is 59.1. The van der Waals surface area contributed by atoms with E-state index in [0.29, 0.717) is 76.7 Å². The Kier molecular flexibility index (Phi) is 22.7. The third-order valence-corrected chi connectivity index (χ3v) is 13.8. The molecule has 11 N–H and O–H groups in total. The Morgan fingerprint density at radius 1 is 0.877 bits per heavy atom. The van der Waals surface area contributed by atoms with E-state index in [4.69, 9.17) is 14.6 Å². The second kappa shape index (κ2) is 28.6. The van der Waals surface area contributed by atoms with Gasteiger partial charge in [0.2, 0.25) is 35.8 Å². The summed E-state index contributed by atoms with van der Waals surface area (Å²) >= 11 is 0. The van der Waals surface area contributed by atoms with Gasteiger partial charge in [0.1, 0.15) is 24.4 Å². The largest absolute Gasteiger partial charge is 0.480 e. The summed E-state index contributed by atoms with van der Waals surface area (Å²) in [7, 11) is 1.38. The maximum absolute atomic E-state index is 14.4. The fraction of sp³-hybridized carbons (Fsp3) is 0.688. The number of benzene rings is 1. The zero-order valence-electron chi connectivity index (χ0n) is 41.9. The van der Waals surface area contributed by atoms with Crippen molar-refractivity contribution in [3.8, 4) is 0 Å². The van der Waals surface area contributed by atoms with Crippen molar-refractivity contribution in [3.05, 3.63) is 29.3 Å². The number of carboxylic acid groups (broad SMARTS) is 3. The Hall–Kier alpha value is -5.83. The summed E-state index contributed by atoms with van der Waals surface area (Å²) in [5.74, 6) is -6.39. The van der Waals surface area contributed by atoms with E-state index < -0.39 is 96.1 Å². The van der Waals surface area contributed by atoms with E-state index in [2.05, 4.69) is 37.2 Å². The van der Waals surface area contributed by atoms with Gasteiger partial charge < -0.3 is 66.7 Å². The highest BCUT2D eigenvalue weighted by Gasteiger charge is 2.46. The third-order valence-electron chi connectivity index (χ3n) is 13.8. The number of ether oxygens (including phenoxy) is 2. The first-order valence-electron chi connectivity index (χ1n) is 25.2. The molecule has 4 aliphatic heterocycles. The van der Waals surface area contributed by atoms with Gasteiger partial charge in [-0.2, -0.15) is 0 Å². The number of carbonyl (C=O) groups is 9. The van der Waals surface area contributed by atoms with Crippen LogP contribution in [-0.2, 0) is 65.5 Å². The summed E-state index contributed by atoms with van der Waals surface area (Å²) in [4.78, 5) is 118. The Labute approximate surface area is 424 Å². The van der Waals surface area contributed by atoms with E-state index in [-0.39, 0.29) is 64.2 Å². The number of nitrogens with one attached hydrogen (secondary N) is 7. The van der Waals surface area contributed by atoms with Crippen LogP contribution in [0.3, 0.4) is 0 Å². The highest BCUT2D eigenvalue weighted by atomic mass is 16.7. The van der Waals surface area contributed by atoms with Crippen LogP contribution in [0.2, 0.25) is 0 Å². The lowest BCUT2D eigenvalue weighted by molar-refractivity contribution is -0.160. The first-order valence-corrected chi connectivity index (χ1v) is 25.2. The fourth-order valence-corrected chi connectivity index (χ4v) is 9.64. The topological polar surface area (TPSA) is 347 Å². The molecule has 0 aliphatic carbocycles. The number of aliphatic carboxylic acids is 3. The van der Waals surface area contributed by atoms with Crippen LogP contribution in [-0.4, -0.2) is 205 Å². The average molecular weight is 1030 g/mol. The Balaban J connectivity index is 1.01. The number of carbonyl (C=O) groups excluding carboxylic acids is 6. The SMILES string of the molecule is CC[C@H](C)[C@H](NC(=O)CCNC(=O)CC[C@H](NC(=O)CN1CCC(CNCCN(CCNCC(=O)O)CC(=O)O)CC1)C(=O)O)C(=O)N[C@H]1CCc2cccc3c2N(C1=O)[C@H](C(O)NC1CC(=O)OC1OC)C3. The number of methoxy groups -OCH3 is 1. The van der Waals surface area contributed by atoms with Crippen molar-refractivity contribution < 1.29 is 73.1 Å². The Morgan fingerprint density at radius 3 is 2.26 bits per heavy atom. The number of amides is 5. The summed E-state index contributed by atoms with van der Waals surface area (Å²) in [6.07, 6.45) is 0.196. The van der Waals surface area contributed by atoms with Gasteiger partial charge in [-0.15, -0.1) is 0 Å². The zero-order valence-corrected chi connectivity index (χ0v) is 41.9. The van der Waals surface area contributed by atoms with Gasteiger partial charge in [-0.3, -0.25) is 53.5 Å². The minimum Gasteiger partial charge on any atom is -0.480 e. The predicted molar refractivity (Wildman–Crippen MR) is 261 cm³/mol. The maximum atomic E-state index is 14.4. The van der Waals surface area contributed by atoms with Crippen molar-refractivity contribution in [1.82, 2.24) is 47.0 Å². The van der Waals surface area contributed by atoms with E-state index in [9.17, 15) is 58.5 Å². The van der Waals surface area contributed by atoms with Crippen molar-refractivity contribution in [2.75, 3.05) is 84.0 Å². The number of hydrogen-bond acceptors (Lipinski definition) is 17. The summed E-state index contributed by atoms with van der Waals surface area (Å²) in [6, 6.07) is 0.864. The third kappa shape index (κ3) is 17.7. The van der Waals surface area contributed by atoms with Crippen LogP contribution in [0.15, 0.2) is 18.2 Å². The molecular weight excluding hydrogens is 957 g/mol. The van der Waals surface area contributed by atoms with Crippen LogP contribution >= 0.6 is 0 Å². The van der Waals surface area contributed by atoms with Crippen molar-refractivity contribution in [2.24, 2.45) is 11.8 Å². The number of cyclic esters (lactones) is 1. The number of piperidine rings is 1. The molecular formula is C48H74N10O15. The molecule has 8 atom stereocenters. The molecule has 0 saturated carbocycles. The van der Waals surface area contributed by atoms with Gasteiger partial charge in [0.05, 0.1) is 43.8 Å². The highest BCUT2D eigenvalue weighted by molar-refractivity contribution is 6.03. The summed E-state index contributed by atoms with van der Waals surface area (Å²) in [6.45, 7) is 6.75. The summed E-state index contributed by atoms with van der Waals surface area (Å²) in [5.41, 5.74) is 2.40. The first-order chi connectivity index (χ1) is 34.9. The van der Waals surface area contributed by atoms with Crippen molar-refractivity contribution in [1.29, 1.82) is 0 Å². The molecule has 5 rings (SSSR count). The fourth-order valence-electron chi connectivity index (χ4n) is 9.64. The molecule has 406 valence electrons. The van der Waals surface area contributed by atoms with Gasteiger partial charge >= 0.3 is 23.9 Å². The molecule has 25 nitrogen and oxygen atoms in total. The van der Waals surface area contributed by atoms with Crippen LogP contribution in [0.4, 0.5) is 5.69 Å². The van der Waals surface area contributed by atoms with Crippen LogP contribution in [0.25, 0.3) is 0 Å². The van der Waals surface area contributed by atoms with Crippen LogP contribution in [0.1, 0.15) is 76.3 Å². The van der Waals surface area contributed by atoms with E-state index in [1.165, 1.54) is 12.0 Å². The number of anilines is 1. The smallest absolute Gasteiger partial charge is 0.326 e. The quantitative estimate of drug-likeness (QED) is 0.0205. The second-order valence-corrected chi connectivity index (χ2v) is 19.2. The number of likely N-dealkylation sites (tertiary alicyclic amines) is 1. The molecule has 0 radical (unpaired) electrons. The highest BCUT2D eigenvalue weighted by Crippen LogP contribution is 2.40. The molecule has 1 aromatic rings. The maximum Gasteiger partial charge on any atom is 0.326 e. The van der Waals surface area contributed by atoms with Gasteiger partial charge in [-0.05, 0) is 81.1 Å². The number of nitrogens with zero attached hydrogens (tertiary/aromatic N) is 3. The lowest BCUT2D eigenvalue weighted by Gasteiger charge is -2.33. The van der Waals surface area contributed by atoms with Crippen LogP contribution < -0.4 is 42.1 Å². The Morgan fingerprint density at radius 2 is 1.59 bits per heavy atom.